The van der Waals surface area contributed by atoms with Crippen LogP contribution in [0.3, 0.4) is 0 Å². The van der Waals surface area contributed by atoms with Crippen molar-refractivity contribution in [3.63, 3.8) is 0 Å². The lowest BCUT2D eigenvalue weighted by atomic mass is 9.94. The molecule has 1 aliphatic rings. The summed E-state index contributed by atoms with van der Waals surface area (Å²) in [4.78, 5) is 40.3. The van der Waals surface area contributed by atoms with Crippen LogP contribution in [0.5, 0.6) is 5.75 Å². The number of hydrogen-bond donors (Lipinski definition) is 1. The molecule has 1 atom stereocenters. The highest BCUT2D eigenvalue weighted by Crippen LogP contribution is 2.42. The molecule has 0 saturated carbocycles. The lowest BCUT2D eigenvalue weighted by Gasteiger charge is -2.26. The van der Waals surface area contributed by atoms with Gasteiger partial charge in [0.05, 0.1) is 36.5 Å². The van der Waals surface area contributed by atoms with E-state index in [0.717, 1.165) is 12.0 Å². The summed E-state index contributed by atoms with van der Waals surface area (Å²) in [5, 5.41) is 11.7. The highest BCUT2D eigenvalue weighted by atomic mass is 35.5. The lowest BCUT2D eigenvalue weighted by Crippen LogP contribution is -2.29. The molecule has 0 spiro atoms. The summed E-state index contributed by atoms with van der Waals surface area (Å²) in [5.41, 5.74) is 2.87. The summed E-state index contributed by atoms with van der Waals surface area (Å²) >= 11 is 6.18. The number of halogens is 1. The minimum atomic E-state index is -0.854. The van der Waals surface area contributed by atoms with Crippen molar-refractivity contribution in [2.24, 2.45) is 0 Å². The number of aliphatic hydroxyl groups is 1. The Hall–Kier alpha value is -4.10. The van der Waals surface area contributed by atoms with Crippen molar-refractivity contribution in [1.29, 1.82) is 0 Å². The monoisotopic (exact) mass is 533 g/mol. The molecule has 1 N–H and O–H groups in total. The number of ether oxygens (including phenoxy) is 2. The summed E-state index contributed by atoms with van der Waals surface area (Å²) in [7, 11) is 1.44. The first-order valence-corrected chi connectivity index (χ1v) is 12.6. The number of nitrogens with zero attached hydrogens (tertiary/aromatic N) is 1. The number of Topliss-reactive ketones (excluding diaryl/α,β-unsaturated/α-hetero) is 1. The number of carbonyl (C=O) groups excluding carboxylic acids is 3. The van der Waals surface area contributed by atoms with E-state index in [2.05, 4.69) is 0 Å². The Labute approximate surface area is 226 Å². The van der Waals surface area contributed by atoms with Crippen LogP contribution in [0.1, 0.15) is 52.0 Å². The second kappa shape index (κ2) is 11.5. The van der Waals surface area contributed by atoms with Crippen LogP contribution in [0.15, 0.2) is 72.3 Å². The van der Waals surface area contributed by atoms with Gasteiger partial charge in [0.1, 0.15) is 11.5 Å². The number of amides is 1. The minimum Gasteiger partial charge on any atom is -0.507 e. The summed E-state index contributed by atoms with van der Waals surface area (Å²) < 4.78 is 10.6. The first-order valence-electron chi connectivity index (χ1n) is 12.2. The second-order valence-corrected chi connectivity index (χ2v) is 9.46. The number of likely N-dealkylation sites (tertiary alicyclic amines) is 1. The largest absolute Gasteiger partial charge is 0.507 e. The van der Waals surface area contributed by atoms with Crippen LogP contribution in [0.4, 0.5) is 0 Å². The number of carbonyl (C=O) groups is 3. The van der Waals surface area contributed by atoms with Gasteiger partial charge in [-0.15, -0.1) is 0 Å². The highest BCUT2D eigenvalue weighted by Gasteiger charge is 2.46. The zero-order valence-electron chi connectivity index (χ0n) is 21.4. The molecule has 1 fully saturated rings. The van der Waals surface area contributed by atoms with E-state index in [0.29, 0.717) is 34.1 Å². The average molecular weight is 534 g/mol. The van der Waals surface area contributed by atoms with Gasteiger partial charge in [0.15, 0.2) is 0 Å². The Morgan fingerprint density at radius 1 is 1.05 bits per heavy atom. The third-order valence-corrected chi connectivity index (χ3v) is 6.53. The standard InChI is InChI=1S/C30H28ClNO6/c1-4-14-38-30(36)20-10-8-19(9-11-20)17-32-26(21-7-5-6-18(2)15-21)25(28(34)29(32)35)27(33)23-16-22(31)12-13-24(23)37-3/h5-13,15-16,26,33H,4,14,17H2,1-3H3/b27-25+. The van der Waals surface area contributed by atoms with E-state index in [-0.39, 0.29) is 23.4 Å². The zero-order chi connectivity index (χ0) is 27.4. The molecule has 3 aromatic carbocycles. The quantitative estimate of drug-likeness (QED) is 0.169. The van der Waals surface area contributed by atoms with Crippen molar-refractivity contribution in [2.45, 2.75) is 32.9 Å². The molecule has 4 rings (SSSR count). The van der Waals surface area contributed by atoms with Crippen LogP contribution in [-0.2, 0) is 20.9 Å². The zero-order valence-corrected chi connectivity index (χ0v) is 22.1. The Morgan fingerprint density at radius 3 is 2.45 bits per heavy atom. The molecule has 1 heterocycles. The molecule has 0 aliphatic carbocycles. The molecule has 1 unspecified atom stereocenters. The number of benzene rings is 3. The predicted octanol–water partition coefficient (Wildman–Crippen LogP) is 5.85. The third-order valence-electron chi connectivity index (χ3n) is 6.29. The van der Waals surface area contributed by atoms with Gasteiger partial charge in [-0.2, -0.15) is 0 Å². The molecule has 1 aliphatic heterocycles. The molecule has 38 heavy (non-hydrogen) atoms. The van der Waals surface area contributed by atoms with Gasteiger partial charge in [-0.1, -0.05) is 60.5 Å². The van der Waals surface area contributed by atoms with E-state index < -0.39 is 23.7 Å². The SMILES string of the molecule is CCCOC(=O)c1ccc(CN2C(=O)C(=O)/C(=C(/O)c3cc(Cl)ccc3OC)C2c2cccc(C)c2)cc1. The Morgan fingerprint density at radius 2 is 1.79 bits per heavy atom. The molecule has 196 valence electrons. The van der Waals surface area contributed by atoms with Crippen molar-refractivity contribution < 1.29 is 29.0 Å². The molecule has 1 amide bonds. The summed E-state index contributed by atoms with van der Waals surface area (Å²) in [5.74, 6) is -2.03. The maximum absolute atomic E-state index is 13.4. The van der Waals surface area contributed by atoms with Crippen LogP contribution < -0.4 is 4.74 Å². The van der Waals surface area contributed by atoms with Gasteiger partial charge in [-0.05, 0) is 54.8 Å². The van der Waals surface area contributed by atoms with Crippen molar-refractivity contribution in [3.8, 4) is 5.75 Å². The Kier molecular flexibility index (Phi) is 8.17. The van der Waals surface area contributed by atoms with Crippen LogP contribution in [0.25, 0.3) is 5.76 Å². The molecular weight excluding hydrogens is 506 g/mol. The molecule has 3 aromatic rings. The third kappa shape index (κ3) is 5.43. The second-order valence-electron chi connectivity index (χ2n) is 9.02. The molecule has 7 nitrogen and oxygen atoms in total. The smallest absolute Gasteiger partial charge is 0.338 e. The normalized spacial score (nSPS) is 16.5. The number of methoxy groups -OCH3 is 1. The van der Waals surface area contributed by atoms with Crippen LogP contribution in [-0.4, -0.2) is 41.4 Å². The summed E-state index contributed by atoms with van der Waals surface area (Å²) in [6, 6.07) is 17.9. The number of esters is 1. The first kappa shape index (κ1) is 26.9. The van der Waals surface area contributed by atoms with Crippen LogP contribution in [0, 0.1) is 6.92 Å². The van der Waals surface area contributed by atoms with E-state index in [1.165, 1.54) is 18.1 Å². The maximum atomic E-state index is 13.4. The lowest BCUT2D eigenvalue weighted by molar-refractivity contribution is -0.140. The van der Waals surface area contributed by atoms with E-state index >= 15 is 0 Å². The van der Waals surface area contributed by atoms with Gasteiger partial charge in [0.2, 0.25) is 0 Å². The topological polar surface area (TPSA) is 93.1 Å². The molecular formula is C30H28ClNO6. The molecule has 8 heteroatoms. The van der Waals surface area contributed by atoms with E-state index in [1.807, 2.05) is 38.1 Å². The number of rotatable bonds is 8. The predicted molar refractivity (Wildman–Crippen MR) is 144 cm³/mol. The first-order chi connectivity index (χ1) is 18.2. The minimum absolute atomic E-state index is 0.0547. The van der Waals surface area contributed by atoms with Gasteiger partial charge >= 0.3 is 5.97 Å². The summed E-state index contributed by atoms with van der Waals surface area (Å²) in [6.07, 6.45) is 0.721. The average Bonchev–Trinajstić information content (AvgIpc) is 3.16. The molecule has 0 radical (unpaired) electrons. The highest BCUT2D eigenvalue weighted by molar-refractivity contribution is 6.46. The van der Waals surface area contributed by atoms with Crippen molar-refractivity contribution in [2.75, 3.05) is 13.7 Å². The number of hydrogen-bond acceptors (Lipinski definition) is 6. The van der Waals surface area contributed by atoms with Gasteiger partial charge in [0, 0.05) is 11.6 Å². The Balaban J connectivity index is 1.78. The number of aryl methyl sites for hydroxylation is 1. The maximum Gasteiger partial charge on any atom is 0.338 e. The van der Waals surface area contributed by atoms with E-state index in [9.17, 15) is 19.5 Å². The van der Waals surface area contributed by atoms with Crippen molar-refractivity contribution in [1.82, 2.24) is 4.90 Å². The van der Waals surface area contributed by atoms with Gasteiger partial charge < -0.3 is 19.5 Å². The van der Waals surface area contributed by atoms with Gasteiger partial charge in [0.25, 0.3) is 11.7 Å². The molecule has 1 saturated heterocycles. The van der Waals surface area contributed by atoms with Gasteiger partial charge in [-0.3, -0.25) is 9.59 Å². The van der Waals surface area contributed by atoms with Crippen LogP contribution in [0.2, 0.25) is 5.02 Å². The number of ketones is 1. The molecule has 0 bridgehead atoms. The fraction of sp³-hybridized carbons (Fsp3) is 0.233. The van der Waals surface area contributed by atoms with Crippen molar-refractivity contribution in [3.05, 3.63) is 105 Å². The Bertz CT molecular complexity index is 1410. The molecule has 0 aromatic heterocycles. The van der Waals surface area contributed by atoms with E-state index in [1.54, 1.807) is 36.4 Å². The van der Waals surface area contributed by atoms with Crippen LogP contribution >= 0.6 is 11.6 Å². The van der Waals surface area contributed by atoms with Gasteiger partial charge in [-0.25, -0.2) is 4.79 Å². The fourth-order valence-electron chi connectivity index (χ4n) is 4.46. The number of aliphatic hydroxyl groups excluding tert-OH is 1. The van der Waals surface area contributed by atoms with Crippen molar-refractivity contribution >= 4 is 35.0 Å². The fourth-order valence-corrected chi connectivity index (χ4v) is 4.63. The summed E-state index contributed by atoms with van der Waals surface area (Å²) in [6.45, 7) is 4.24. The van der Waals surface area contributed by atoms with E-state index in [4.69, 9.17) is 21.1 Å².